The average molecular weight is 347 g/mol. The zero-order valence-electron chi connectivity index (χ0n) is 10.2. The molecule has 0 aliphatic carbocycles. The van der Waals surface area contributed by atoms with E-state index in [1.165, 1.54) is 5.56 Å². The first kappa shape index (κ1) is 12.2. The summed E-state index contributed by atoms with van der Waals surface area (Å²) in [5, 5.41) is 0. The first-order valence-electron chi connectivity index (χ1n) is 6.05. The van der Waals surface area contributed by atoms with Crippen molar-refractivity contribution in [1.82, 2.24) is 4.90 Å². The Morgan fingerprint density at radius 2 is 2.11 bits per heavy atom. The molecule has 91 valence electrons. The van der Waals surface area contributed by atoms with Gasteiger partial charge in [-0.15, -0.1) is 0 Å². The summed E-state index contributed by atoms with van der Waals surface area (Å²) in [6.07, 6.45) is 2.93. The minimum absolute atomic E-state index is 0.135. The Bertz CT molecular complexity index is 514. The molecule has 0 aromatic heterocycles. The first-order chi connectivity index (χ1) is 8.62. The summed E-state index contributed by atoms with van der Waals surface area (Å²) in [6.45, 7) is 0.951. The molecule has 3 rings (SSSR count). The van der Waals surface area contributed by atoms with Gasteiger partial charge in [0, 0.05) is 0 Å². The van der Waals surface area contributed by atoms with Crippen LogP contribution in [0.4, 0.5) is 0 Å². The number of ether oxygens (including phenoxy) is 1. The number of likely N-dealkylation sites (tertiary alicyclic amines) is 1. The number of esters is 1. The first-order valence-corrected chi connectivity index (χ1v) is 7.48. The van der Waals surface area contributed by atoms with Crippen LogP contribution in [0, 0.1) is 0 Å². The van der Waals surface area contributed by atoms with Crippen molar-refractivity contribution in [1.29, 1.82) is 0 Å². The quantitative estimate of drug-likeness (QED) is 0.569. The number of carbonyl (C=O) groups excluding carboxylic acids is 1. The zero-order chi connectivity index (χ0) is 12.8. The van der Waals surface area contributed by atoms with Crippen molar-refractivity contribution in [3.8, 4) is 0 Å². The molecule has 2 unspecified atom stereocenters. The molecule has 0 saturated carbocycles. The average Bonchev–Trinajstić information content (AvgIpc) is 2.82. The van der Waals surface area contributed by atoms with Crippen molar-refractivity contribution in [2.24, 2.45) is 0 Å². The molecule has 3 nitrogen and oxygen atoms in total. The summed E-state index contributed by atoms with van der Waals surface area (Å²) in [4.78, 5) is 14.0. The van der Waals surface area contributed by atoms with E-state index in [1.807, 2.05) is 18.2 Å². The predicted octanol–water partition coefficient (Wildman–Crippen LogP) is 1.41. The molecule has 18 heavy (non-hydrogen) atoms. The van der Waals surface area contributed by atoms with E-state index >= 15 is 0 Å². The van der Waals surface area contributed by atoms with Gasteiger partial charge in [0.15, 0.2) is 0 Å². The van der Waals surface area contributed by atoms with Gasteiger partial charge in [-0.2, -0.15) is 0 Å². The van der Waals surface area contributed by atoms with Gasteiger partial charge in [-0.1, -0.05) is 0 Å². The van der Waals surface area contributed by atoms with E-state index in [0.717, 1.165) is 39.1 Å². The number of nitrogens with zero attached hydrogens (tertiary/aromatic N) is 1. The molecule has 2 heterocycles. The molecule has 0 N–H and O–H groups in total. The molecule has 0 bridgehead atoms. The van der Waals surface area contributed by atoms with Crippen molar-refractivity contribution < 1.29 is 9.53 Å². The van der Waals surface area contributed by atoms with Gasteiger partial charge in [-0.3, -0.25) is 0 Å². The number of benzene rings is 1. The van der Waals surface area contributed by atoms with Crippen molar-refractivity contribution in [2.75, 3.05) is 13.6 Å². The molecule has 2 atom stereocenters. The third kappa shape index (κ3) is 1.80. The van der Waals surface area contributed by atoms with Crippen LogP contribution >= 0.6 is 0 Å². The zero-order valence-corrected chi connectivity index (χ0v) is 13.1. The van der Waals surface area contributed by atoms with Crippen molar-refractivity contribution in [3.63, 3.8) is 0 Å². The Hall–Kier alpha value is -0.811. The van der Waals surface area contributed by atoms with E-state index in [9.17, 15) is 4.79 Å². The molecule has 1 saturated heterocycles. The fourth-order valence-electron chi connectivity index (χ4n) is 2.98. The summed E-state index contributed by atoms with van der Waals surface area (Å²) in [5.41, 5.74) is 0.776. The van der Waals surface area contributed by atoms with Crippen LogP contribution in [0.5, 0.6) is 0 Å². The van der Waals surface area contributed by atoms with Gasteiger partial charge >= 0.3 is 120 Å². The van der Waals surface area contributed by atoms with E-state index in [0.29, 0.717) is 0 Å². The van der Waals surface area contributed by atoms with Gasteiger partial charge in [-0.05, 0) is 0 Å². The molecule has 0 amide bonds. The molecule has 2 aliphatic rings. The molecule has 4 heteroatoms. The summed E-state index contributed by atoms with van der Waals surface area (Å²) in [6, 6.07) is 10.4. The van der Waals surface area contributed by atoms with Crippen molar-refractivity contribution >= 4 is 28.5 Å². The fourth-order valence-corrected chi connectivity index (χ4v) is 3.82. The maximum absolute atomic E-state index is 11.7. The number of hydrogen-bond acceptors (Lipinski definition) is 3. The number of rotatable bonds is 1. The summed E-state index contributed by atoms with van der Waals surface area (Å²) in [5.74, 6) is -0.135. The molecule has 1 aromatic carbocycles. The van der Waals surface area contributed by atoms with Gasteiger partial charge in [-0.25, -0.2) is 0 Å². The van der Waals surface area contributed by atoms with Crippen molar-refractivity contribution in [3.05, 3.63) is 45.6 Å². The molecule has 1 spiro atoms. The van der Waals surface area contributed by atoms with Crippen LogP contribution in [0.15, 0.2) is 40.0 Å². The number of likely N-dealkylation sites (N-methyl/N-ethyl adjacent to an activating group) is 1. The molecular formula is C14H14NO2Sn. The summed E-state index contributed by atoms with van der Waals surface area (Å²) in [7, 11) is 2.09. The minimum atomic E-state index is -0.439. The van der Waals surface area contributed by atoms with Gasteiger partial charge in [0.05, 0.1) is 0 Å². The van der Waals surface area contributed by atoms with Gasteiger partial charge in [0.25, 0.3) is 0 Å². The Morgan fingerprint density at radius 3 is 2.72 bits per heavy atom. The van der Waals surface area contributed by atoms with E-state index in [4.69, 9.17) is 4.74 Å². The second kappa shape index (κ2) is 4.38. The Kier molecular flexibility index (Phi) is 2.98. The van der Waals surface area contributed by atoms with E-state index < -0.39 is 5.60 Å². The van der Waals surface area contributed by atoms with E-state index in [1.54, 1.807) is 0 Å². The summed E-state index contributed by atoms with van der Waals surface area (Å²) < 4.78 is 6.53. The molecule has 1 aromatic rings. The maximum atomic E-state index is 11.7. The van der Waals surface area contributed by atoms with Crippen LogP contribution < -0.4 is 0 Å². The van der Waals surface area contributed by atoms with Crippen LogP contribution in [-0.2, 0) is 9.53 Å². The molecule has 3 radical (unpaired) electrons. The van der Waals surface area contributed by atoms with Gasteiger partial charge < -0.3 is 0 Å². The third-order valence-corrected chi connectivity index (χ3v) is 4.76. The SMILES string of the molecule is CN1CCC2(C=[C]([Sn])C(=O)O2)C1c1ccccc1. The second-order valence-electron chi connectivity index (χ2n) is 4.95. The van der Waals surface area contributed by atoms with Crippen molar-refractivity contribution in [2.45, 2.75) is 18.1 Å². The van der Waals surface area contributed by atoms with Gasteiger partial charge in [0.2, 0.25) is 0 Å². The fraction of sp³-hybridized carbons (Fsp3) is 0.357. The van der Waals surface area contributed by atoms with E-state index in [-0.39, 0.29) is 12.0 Å². The van der Waals surface area contributed by atoms with Crippen LogP contribution in [0.3, 0.4) is 0 Å². The predicted molar refractivity (Wildman–Crippen MR) is 69.1 cm³/mol. The van der Waals surface area contributed by atoms with Crippen LogP contribution in [-0.4, -0.2) is 52.6 Å². The molecule has 1 fully saturated rings. The Balaban J connectivity index is 2.04. The van der Waals surface area contributed by atoms with Crippen LogP contribution in [0.25, 0.3) is 0 Å². The summed E-state index contributed by atoms with van der Waals surface area (Å²) >= 11 is 1.14. The molecular weight excluding hydrogens is 333 g/mol. The van der Waals surface area contributed by atoms with Crippen LogP contribution in [0.2, 0.25) is 0 Å². The number of carbonyl (C=O) groups is 1. The Morgan fingerprint density at radius 1 is 1.39 bits per heavy atom. The monoisotopic (exact) mass is 348 g/mol. The van der Waals surface area contributed by atoms with Crippen LogP contribution in [0.1, 0.15) is 18.0 Å². The number of hydrogen-bond donors (Lipinski definition) is 0. The van der Waals surface area contributed by atoms with E-state index in [2.05, 4.69) is 30.2 Å². The standard InChI is InChI=1S/C14H14NO2.Sn/c1-15-10-9-14(8-7-12(16)17-14)13(15)11-5-3-2-4-6-11;/h2-6,8,13H,9-10H2,1H3;. The Labute approximate surface area is 120 Å². The van der Waals surface area contributed by atoms with Gasteiger partial charge in [0.1, 0.15) is 0 Å². The topological polar surface area (TPSA) is 29.5 Å². The third-order valence-electron chi connectivity index (χ3n) is 3.77. The molecule has 2 aliphatic heterocycles. The second-order valence-corrected chi connectivity index (χ2v) is 6.48. The normalized spacial score (nSPS) is 31.8.